The van der Waals surface area contributed by atoms with Gasteiger partial charge in [-0.15, -0.1) is 0 Å². The van der Waals surface area contributed by atoms with E-state index in [-0.39, 0.29) is 18.0 Å². The van der Waals surface area contributed by atoms with Gasteiger partial charge in [-0.3, -0.25) is 9.59 Å². The molecule has 0 bridgehead atoms. The summed E-state index contributed by atoms with van der Waals surface area (Å²) in [5, 5.41) is 0. The van der Waals surface area contributed by atoms with E-state index in [0.29, 0.717) is 44.6 Å². The fourth-order valence-electron chi connectivity index (χ4n) is 4.33. The Labute approximate surface area is 165 Å². The van der Waals surface area contributed by atoms with Crippen molar-refractivity contribution >= 4 is 18.3 Å². The van der Waals surface area contributed by atoms with Gasteiger partial charge in [0.2, 0.25) is 0 Å². The van der Waals surface area contributed by atoms with Gasteiger partial charge in [-0.25, -0.2) is 9.78 Å². The number of carbonyl (C=O) groups is 3. The zero-order valence-corrected chi connectivity index (χ0v) is 17.1. The molecule has 0 N–H and O–H groups in total. The molecule has 2 unspecified atom stereocenters. The largest absolute Gasteiger partial charge is 0.469 e. The Morgan fingerprint density at radius 2 is 2.11 bits per heavy atom. The van der Waals surface area contributed by atoms with Crippen molar-refractivity contribution in [1.29, 1.82) is 0 Å². The van der Waals surface area contributed by atoms with E-state index in [9.17, 15) is 14.4 Å². The third-order valence-corrected chi connectivity index (χ3v) is 5.64. The molecule has 2 atom stereocenters. The molecule has 3 heterocycles. The number of ether oxygens (including phenoxy) is 2. The van der Waals surface area contributed by atoms with Crippen molar-refractivity contribution in [2.24, 2.45) is 11.3 Å². The Bertz CT molecular complexity index is 766. The fourth-order valence-corrected chi connectivity index (χ4v) is 4.33. The maximum Gasteiger partial charge on any atom is 0.410 e. The van der Waals surface area contributed by atoms with Crippen molar-refractivity contribution in [1.82, 2.24) is 14.5 Å². The number of fused-ring (bicyclic) bond motifs is 1. The number of amides is 1. The summed E-state index contributed by atoms with van der Waals surface area (Å²) < 4.78 is 12.5. The van der Waals surface area contributed by atoms with Crippen LogP contribution in [-0.2, 0) is 27.2 Å². The van der Waals surface area contributed by atoms with Crippen molar-refractivity contribution in [3.05, 3.63) is 17.7 Å². The highest BCUT2D eigenvalue weighted by Crippen LogP contribution is 2.41. The summed E-state index contributed by atoms with van der Waals surface area (Å²) in [6, 6.07) is 0. The average Bonchev–Trinajstić information content (AvgIpc) is 3.25. The van der Waals surface area contributed by atoms with Gasteiger partial charge < -0.3 is 18.9 Å². The van der Waals surface area contributed by atoms with E-state index in [1.54, 1.807) is 11.1 Å². The zero-order valence-electron chi connectivity index (χ0n) is 17.1. The van der Waals surface area contributed by atoms with Gasteiger partial charge in [0, 0.05) is 26.1 Å². The molecule has 1 fully saturated rings. The first-order valence-electron chi connectivity index (χ1n) is 9.73. The van der Waals surface area contributed by atoms with E-state index < -0.39 is 11.0 Å². The zero-order chi connectivity index (χ0) is 20.5. The molecule has 1 aromatic heterocycles. The maximum absolute atomic E-state index is 12.7. The monoisotopic (exact) mass is 391 g/mol. The van der Waals surface area contributed by atoms with Crippen molar-refractivity contribution in [2.75, 3.05) is 20.2 Å². The summed E-state index contributed by atoms with van der Waals surface area (Å²) in [6.07, 6.45) is 4.52. The Kier molecular flexibility index (Phi) is 5.50. The fraction of sp³-hybridized carbons (Fsp3) is 0.700. The minimum atomic E-state index is -0.676. The molecule has 0 saturated carbocycles. The SMILES string of the molecule is COC(=O)C1(CC2CCN(C(=O)OC(C)(C)C)C2)CCn2c(C=O)cnc2C1. The highest BCUT2D eigenvalue weighted by Gasteiger charge is 2.46. The predicted octanol–water partition coefficient (Wildman–Crippen LogP) is 2.45. The van der Waals surface area contributed by atoms with Crippen LogP contribution in [0, 0.1) is 11.3 Å². The molecular weight excluding hydrogens is 362 g/mol. The minimum absolute atomic E-state index is 0.193. The van der Waals surface area contributed by atoms with Gasteiger partial charge in [-0.2, -0.15) is 0 Å². The first-order valence-corrected chi connectivity index (χ1v) is 9.73. The molecule has 0 spiro atoms. The van der Waals surface area contributed by atoms with Crippen LogP contribution in [0.15, 0.2) is 6.20 Å². The van der Waals surface area contributed by atoms with Crippen LogP contribution in [0.3, 0.4) is 0 Å². The van der Waals surface area contributed by atoms with Crippen molar-refractivity contribution in [3.8, 4) is 0 Å². The van der Waals surface area contributed by atoms with E-state index in [2.05, 4.69) is 4.98 Å². The van der Waals surface area contributed by atoms with Gasteiger partial charge in [0.15, 0.2) is 6.29 Å². The van der Waals surface area contributed by atoms with Gasteiger partial charge in [0.25, 0.3) is 0 Å². The van der Waals surface area contributed by atoms with Crippen LogP contribution in [0.4, 0.5) is 4.79 Å². The molecule has 28 heavy (non-hydrogen) atoms. The van der Waals surface area contributed by atoms with E-state index in [1.807, 2.05) is 25.3 Å². The predicted molar refractivity (Wildman–Crippen MR) is 101 cm³/mol. The van der Waals surface area contributed by atoms with Crippen LogP contribution in [0.25, 0.3) is 0 Å². The lowest BCUT2D eigenvalue weighted by atomic mass is 9.72. The summed E-state index contributed by atoms with van der Waals surface area (Å²) in [4.78, 5) is 42.3. The number of esters is 1. The third kappa shape index (κ3) is 4.05. The molecule has 0 radical (unpaired) electrons. The van der Waals surface area contributed by atoms with Gasteiger partial charge in [-0.1, -0.05) is 0 Å². The standard InChI is InChI=1S/C20H29N3O5/c1-19(2,3)28-18(26)22-7-5-14(12-22)9-20(17(25)27-4)6-8-23-15(13-24)11-21-16(23)10-20/h11,13-14H,5-10,12H2,1-4H3. The Balaban J connectivity index is 1.72. The molecule has 1 aromatic rings. The molecule has 1 amide bonds. The second-order valence-corrected chi connectivity index (χ2v) is 8.85. The average molecular weight is 391 g/mol. The highest BCUT2D eigenvalue weighted by atomic mass is 16.6. The van der Waals surface area contributed by atoms with Gasteiger partial charge in [-0.05, 0) is 46.0 Å². The van der Waals surface area contributed by atoms with Gasteiger partial charge in [0.1, 0.15) is 17.1 Å². The van der Waals surface area contributed by atoms with E-state index in [0.717, 1.165) is 18.5 Å². The second kappa shape index (κ2) is 7.56. The van der Waals surface area contributed by atoms with Gasteiger partial charge in [0.05, 0.1) is 18.7 Å². The first-order chi connectivity index (χ1) is 13.2. The van der Waals surface area contributed by atoms with Crippen molar-refractivity contribution < 1.29 is 23.9 Å². The molecule has 8 nitrogen and oxygen atoms in total. The molecule has 1 saturated heterocycles. The maximum atomic E-state index is 12.7. The third-order valence-electron chi connectivity index (χ3n) is 5.64. The quantitative estimate of drug-likeness (QED) is 0.578. The lowest BCUT2D eigenvalue weighted by Crippen LogP contribution is -2.42. The number of likely N-dealkylation sites (tertiary alicyclic amines) is 1. The Hall–Kier alpha value is -2.38. The normalized spacial score (nSPS) is 24.6. The van der Waals surface area contributed by atoms with Crippen molar-refractivity contribution in [2.45, 2.75) is 58.6 Å². The van der Waals surface area contributed by atoms with Crippen LogP contribution in [0.1, 0.15) is 56.3 Å². The number of hydrogen-bond donors (Lipinski definition) is 0. The number of nitrogens with zero attached hydrogens (tertiary/aromatic N) is 3. The second-order valence-electron chi connectivity index (χ2n) is 8.85. The molecule has 0 aliphatic carbocycles. The number of aromatic nitrogens is 2. The first kappa shape index (κ1) is 20.4. The summed E-state index contributed by atoms with van der Waals surface area (Å²) in [5.41, 5.74) is -0.672. The van der Waals surface area contributed by atoms with E-state index in [4.69, 9.17) is 9.47 Å². The minimum Gasteiger partial charge on any atom is -0.469 e. The Morgan fingerprint density at radius 3 is 2.75 bits per heavy atom. The van der Waals surface area contributed by atoms with E-state index in [1.165, 1.54) is 7.11 Å². The molecule has 2 aliphatic heterocycles. The molecule has 8 heteroatoms. The number of carbonyl (C=O) groups excluding carboxylic acids is 3. The van der Waals surface area contributed by atoms with Gasteiger partial charge >= 0.3 is 12.1 Å². The molecule has 2 aliphatic rings. The van der Waals surface area contributed by atoms with Crippen LogP contribution >= 0.6 is 0 Å². The number of aldehydes is 1. The van der Waals surface area contributed by atoms with Crippen LogP contribution < -0.4 is 0 Å². The summed E-state index contributed by atoms with van der Waals surface area (Å²) >= 11 is 0. The smallest absolute Gasteiger partial charge is 0.410 e. The highest BCUT2D eigenvalue weighted by molar-refractivity contribution is 5.78. The number of rotatable bonds is 4. The number of imidazole rings is 1. The molecule has 0 aromatic carbocycles. The summed E-state index contributed by atoms with van der Waals surface area (Å²) in [7, 11) is 1.41. The van der Waals surface area contributed by atoms with Crippen LogP contribution in [0.2, 0.25) is 0 Å². The summed E-state index contributed by atoms with van der Waals surface area (Å²) in [6.45, 7) is 7.30. The Morgan fingerprint density at radius 1 is 1.36 bits per heavy atom. The van der Waals surface area contributed by atoms with E-state index >= 15 is 0 Å². The van der Waals surface area contributed by atoms with Crippen molar-refractivity contribution in [3.63, 3.8) is 0 Å². The molecule has 3 rings (SSSR count). The van der Waals surface area contributed by atoms with Crippen LogP contribution in [0.5, 0.6) is 0 Å². The lowest BCUT2D eigenvalue weighted by molar-refractivity contribution is -0.155. The molecular formula is C20H29N3O5. The lowest BCUT2D eigenvalue weighted by Gasteiger charge is -2.36. The molecule has 154 valence electrons. The number of methoxy groups -OCH3 is 1. The number of hydrogen-bond acceptors (Lipinski definition) is 6. The topological polar surface area (TPSA) is 90.7 Å². The summed E-state index contributed by atoms with van der Waals surface area (Å²) in [5.74, 6) is 0.685. The van der Waals surface area contributed by atoms with Crippen LogP contribution in [-0.4, -0.2) is 58.6 Å².